The van der Waals surface area contributed by atoms with E-state index < -0.39 is 6.10 Å². The van der Waals surface area contributed by atoms with Crippen LogP contribution >= 0.6 is 0 Å². The van der Waals surface area contributed by atoms with Gasteiger partial charge in [-0.15, -0.1) is 0 Å². The molecule has 0 aliphatic carbocycles. The molecule has 3 heteroatoms. The Balaban J connectivity index is 1.98. The third-order valence-corrected chi connectivity index (χ3v) is 3.53. The standard InChI is InChI=1S/C18H22O3/c1-4-20-16-10-8-15(9-11-16)17(19)12-21-18-7-5-6-13(2)14(18)3/h5-11,17,19H,4,12H2,1-3H3. The van der Waals surface area contributed by atoms with Crippen molar-refractivity contribution >= 4 is 0 Å². The topological polar surface area (TPSA) is 38.7 Å². The first-order chi connectivity index (χ1) is 10.1. The smallest absolute Gasteiger partial charge is 0.122 e. The van der Waals surface area contributed by atoms with Crippen molar-refractivity contribution in [3.8, 4) is 11.5 Å². The summed E-state index contributed by atoms with van der Waals surface area (Å²) >= 11 is 0. The van der Waals surface area contributed by atoms with Crippen molar-refractivity contribution in [1.82, 2.24) is 0 Å². The van der Waals surface area contributed by atoms with Crippen LogP contribution in [-0.4, -0.2) is 18.3 Å². The Hall–Kier alpha value is -2.00. The van der Waals surface area contributed by atoms with Crippen LogP contribution in [0.5, 0.6) is 11.5 Å². The van der Waals surface area contributed by atoms with E-state index in [0.29, 0.717) is 6.61 Å². The van der Waals surface area contributed by atoms with Crippen molar-refractivity contribution in [3.63, 3.8) is 0 Å². The van der Waals surface area contributed by atoms with Gasteiger partial charge in [-0.1, -0.05) is 24.3 Å². The predicted octanol–water partition coefficient (Wildman–Crippen LogP) is 3.81. The van der Waals surface area contributed by atoms with Crippen LogP contribution in [0.1, 0.15) is 29.7 Å². The number of aliphatic hydroxyl groups is 1. The number of hydrogen-bond acceptors (Lipinski definition) is 3. The van der Waals surface area contributed by atoms with Crippen LogP contribution < -0.4 is 9.47 Å². The molecule has 0 fully saturated rings. The molecule has 21 heavy (non-hydrogen) atoms. The van der Waals surface area contributed by atoms with E-state index in [4.69, 9.17) is 9.47 Å². The predicted molar refractivity (Wildman–Crippen MR) is 84.0 cm³/mol. The van der Waals surface area contributed by atoms with Crippen LogP contribution in [0.15, 0.2) is 42.5 Å². The van der Waals surface area contributed by atoms with Gasteiger partial charge in [-0.2, -0.15) is 0 Å². The fourth-order valence-corrected chi connectivity index (χ4v) is 2.10. The highest BCUT2D eigenvalue weighted by molar-refractivity contribution is 5.38. The molecule has 0 radical (unpaired) electrons. The lowest BCUT2D eigenvalue weighted by Crippen LogP contribution is -2.10. The van der Waals surface area contributed by atoms with Crippen molar-refractivity contribution in [2.24, 2.45) is 0 Å². The Kier molecular flexibility index (Phi) is 5.23. The molecular weight excluding hydrogens is 264 g/mol. The van der Waals surface area contributed by atoms with Gasteiger partial charge < -0.3 is 14.6 Å². The van der Waals surface area contributed by atoms with E-state index in [-0.39, 0.29) is 6.61 Å². The van der Waals surface area contributed by atoms with Gasteiger partial charge in [0, 0.05) is 0 Å². The number of rotatable bonds is 6. The molecule has 1 unspecified atom stereocenters. The molecule has 3 nitrogen and oxygen atoms in total. The normalized spacial score (nSPS) is 12.0. The molecule has 0 saturated carbocycles. The second-order valence-corrected chi connectivity index (χ2v) is 5.03. The minimum Gasteiger partial charge on any atom is -0.494 e. The summed E-state index contributed by atoms with van der Waals surface area (Å²) < 4.78 is 11.1. The molecule has 112 valence electrons. The average Bonchev–Trinajstić information content (AvgIpc) is 2.49. The number of aliphatic hydroxyl groups excluding tert-OH is 1. The first-order valence-electron chi connectivity index (χ1n) is 7.21. The van der Waals surface area contributed by atoms with Gasteiger partial charge in [0.15, 0.2) is 0 Å². The summed E-state index contributed by atoms with van der Waals surface area (Å²) in [4.78, 5) is 0. The Morgan fingerprint density at radius 3 is 2.38 bits per heavy atom. The first kappa shape index (κ1) is 15.4. The van der Waals surface area contributed by atoms with Gasteiger partial charge in [-0.05, 0) is 55.7 Å². The van der Waals surface area contributed by atoms with Gasteiger partial charge in [0.25, 0.3) is 0 Å². The summed E-state index contributed by atoms with van der Waals surface area (Å²) in [6.45, 7) is 6.88. The summed E-state index contributed by atoms with van der Waals surface area (Å²) in [5.74, 6) is 1.63. The van der Waals surface area contributed by atoms with E-state index in [2.05, 4.69) is 0 Å². The summed E-state index contributed by atoms with van der Waals surface area (Å²) in [6.07, 6.45) is -0.652. The second kappa shape index (κ2) is 7.14. The molecule has 2 aromatic carbocycles. The lowest BCUT2D eigenvalue weighted by molar-refractivity contribution is 0.107. The van der Waals surface area contributed by atoms with Crippen molar-refractivity contribution in [2.75, 3.05) is 13.2 Å². The number of aryl methyl sites for hydroxylation is 1. The zero-order chi connectivity index (χ0) is 15.2. The van der Waals surface area contributed by atoms with Gasteiger partial charge in [-0.25, -0.2) is 0 Å². The van der Waals surface area contributed by atoms with Gasteiger partial charge in [-0.3, -0.25) is 0 Å². The zero-order valence-corrected chi connectivity index (χ0v) is 12.8. The molecule has 0 saturated heterocycles. The maximum absolute atomic E-state index is 10.2. The molecule has 0 aliphatic rings. The van der Waals surface area contributed by atoms with Gasteiger partial charge in [0.2, 0.25) is 0 Å². The van der Waals surface area contributed by atoms with Crippen molar-refractivity contribution in [1.29, 1.82) is 0 Å². The Labute approximate surface area is 126 Å². The molecule has 0 aromatic heterocycles. The van der Waals surface area contributed by atoms with E-state index in [1.165, 1.54) is 5.56 Å². The fraction of sp³-hybridized carbons (Fsp3) is 0.333. The van der Waals surface area contributed by atoms with E-state index in [1.54, 1.807) is 0 Å². The third kappa shape index (κ3) is 3.99. The molecule has 1 atom stereocenters. The first-order valence-corrected chi connectivity index (χ1v) is 7.21. The summed E-state index contributed by atoms with van der Waals surface area (Å²) in [7, 11) is 0. The van der Waals surface area contributed by atoms with Crippen LogP contribution in [-0.2, 0) is 0 Å². The number of hydrogen-bond donors (Lipinski definition) is 1. The highest BCUT2D eigenvalue weighted by Gasteiger charge is 2.10. The zero-order valence-electron chi connectivity index (χ0n) is 12.8. The highest BCUT2D eigenvalue weighted by Crippen LogP contribution is 2.23. The van der Waals surface area contributed by atoms with Crippen LogP contribution in [0.4, 0.5) is 0 Å². The Bertz CT molecular complexity index is 576. The van der Waals surface area contributed by atoms with E-state index in [9.17, 15) is 5.11 Å². The third-order valence-electron chi connectivity index (χ3n) is 3.53. The van der Waals surface area contributed by atoms with Gasteiger partial charge >= 0.3 is 0 Å². The maximum atomic E-state index is 10.2. The van der Waals surface area contributed by atoms with Crippen LogP contribution in [0.25, 0.3) is 0 Å². The number of benzene rings is 2. The lowest BCUT2D eigenvalue weighted by atomic mass is 10.1. The van der Waals surface area contributed by atoms with Gasteiger partial charge in [0.05, 0.1) is 6.61 Å². The maximum Gasteiger partial charge on any atom is 0.122 e. The SMILES string of the molecule is CCOc1ccc(C(O)COc2cccc(C)c2C)cc1. The monoisotopic (exact) mass is 286 g/mol. The molecule has 0 aliphatic heterocycles. The molecule has 1 N–H and O–H groups in total. The second-order valence-electron chi connectivity index (χ2n) is 5.03. The summed E-state index contributed by atoms with van der Waals surface area (Å²) in [5, 5.41) is 10.2. The summed E-state index contributed by atoms with van der Waals surface area (Å²) in [5.41, 5.74) is 3.11. The molecule has 0 bridgehead atoms. The lowest BCUT2D eigenvalue weighted by Gasteiger charge is -2.15. The molecule has 0 heterocycles. The number of ether oxygens (including phenoxy) is 2. The quantitative estimate of drug-likeness (QED) is 0.877. The van der Waals surface area contributed by atoms with E-state index >= 15 is 0 Å². The van der Waals surface area contributed by atoms with Gasteiger partial charge in [0.1, 0.15) is 24.2 Å². The van der Waals surface area contributed by atoms with Crippen molar-refractivity contribution in [3.05, 3.63) is 59.2 Å². The van der Waals surface area contributed by atoms with Crippen molar-refractivity contribution < 1.29 is 14.6 Å². The minimum absolute atomic E-state index is 0.234. The van der Waals surface area contributed by atoms with Crippen LogP contribution in [0.3, 0.4) is 0 Å². The fourth-order valence-electron chi connectivity index (χ4n) is 2.10. The molecule has 0 amide bonds. The van der Waals surface area contributed by atoms with Crippen molar-refractivity contribution in [2.45, 2.75) is 26.9 Å². The van der Waals surface area contributed by atoms with Crippen LogP contribution in [0, 0.1) is 13.8 Å². The average molecular weight is 286 g/mol. The Morgan fingerprint density at radius 1 is 1.00 bits per heavy atom. The summed E-state index contributed by atoms with van der Waals surface area (Å²) in [6, 6.07) is 13.4. The van der Waals surface area contributed by atoms with Crippen LogP contribution in [0.2, 0.25) is 0 Å². The molecule has 0 spiro atoms. The molecule has 2 rings (SSSR count). The minimum atomic E-state index is -0.652. The molecular formula is C18H22O3. The van der Waals surface area contributed by atoms with E-state index in [0.717, 1.165) is 22.6 Å². The van der Waals surface area contributed by atoms with E-state index in [1.807, 2.05) is 63.2 Å². The Morgan fingerprint density at radius 2 is 1.71 bits per heavy atom. The highest BCUT2D eigenvalue weighted by atomic mass is 16.5. The molecule has 2 aromatic rings. The largest absolute Gasteiger partial charge is 0.494 e.